The monoisotopic (exact) mass is 574 g/mol. The Kier molecular flexibility index (Phi) is 3.39. The van der Waals surface area contributed by atoms with Crippen LogP contribution in [0.4, 0.5) is 0 Å². The van der Waals surface area contributed by atoms with E-state index in [2.05, 4.69) is 0 Å². The average Bonchev–Trinajstić information content (AvgIpc) is 3.62. The Morgan fingerprint density at radius 3 is 1.75 bits per heavy atom. The highest BCUT2D eigenvalue weighted by atomic mass is 16.3. The molecule has 9 rings (SSSR count). The minimum atomic E-state index is -0.587. The number of phenolic OH excluding ortho intramolecular Hbond substituents is 1. The minimum Gasteiger partial charge on any atom is -0.507 e. The van der Waals surface area contributed by atoms with Gasteiger partial charge in [-0.1, -0.05) is 121 Å². The first kappa shape index (κ1) is 15.6. The highest BCUT2D eigenvalue weighted by Crippen LogP contribution is 2.47. The summed E-state index contributed by atoms with van der Waals surface area (Å²) in [5, 5.41) is 12.9. The van der Waals surface area contributed by atoms with Gasteiger partial charge >= 0.3 is 0 Å². The minimum absolute atomic E-state index is 0.00974. The van der Waals surface area contributed by atoms with E-state index < -0.39 is 54.1 Å². The molecule has 0 fully saturated rings. The summed E-state index contributed by atoms with van der Waals surface area (Å²) in [7, 11) is 0. The van der Waals surface area contributed by atoms with Crippen LogP contribution in [0.25, 0.3) is 87.6 Å². The van der Waals surface area contributed by atoms with E-state index in [0.717, 1.165) is 0 Å². The van der Waals surface area contributed by atoms with E-state index in [1.165, 1.54) is 0 Å². The molecular formula is C42H26O2. The summed E-state index contributed by atoms with van der Waals surface area (Å²) in [5.41, 5.74) is 0.842. The van der Waals surface area contributed by atoms with Crippen LogP contribution in [0.15, 0.2) is 156 Å². The lowest BCUT2D eigenvalue weighted by Gasteiger charge is -2.18. The summed E-state index contributed by atoms with van der Waals surface area (Å²) in [6.45, 7) is 0. The van der Waals surface area contributed by atoms with Crippen molar-refractivity contribution in [1.29, 1.82) is 0 Å². The molecule has 0 aliphatic heterocycles. The molecule has 2 heteroatoms. The Balaban J connectivity index is 1.41. The number of fused-ring (bicyclic) bond motifs is 6. The smallest absolute Gasteiger partial charge is 0.136 e. The zero-order chi connectivity index (χ0) is 39.6. The first-order chi connectivity index (χ1) is 26.8. The van der Waals surface area contributed by atoms with Crippen LogP contribution in [0, 0.1) is 0 Å². The quantitative estimate of drug-likeness (QED) is 0.213. The molecule has 44 heavy (non-hydrogen) atoms. The van der Waals surface area contributed by atoms with Gasteiger partial charge in [0.15, 0.2) is 0 Å². The molecule has 0 bridgehead atoms. The normalized spacial score (nSPS) is 15.5. The van der Waals surface area contributed by atoms with Crippen LogP contribution in [0.2, 0.25) is 0 Å². The lowest BCUT2D eigenvalue weighted by Crippen LogP contribution is -1.91. The molecule has 9 aromatic rings. The van der Waals surface area contributed by atoms with Crippen molar-refractivity contribution in [1.82, 2.24) is 0 Å². The SMILES string of the molecule is [2H]c1c([2H])c(-c2c3ccccc3c(-c3c([2H])c([2H])c4c(oc5c([2H])c6c([2H])c([2H])c([2H])c([2H])c6c([2H])c54)c3[2H])c3ccccc23)c(O)c([2H])c1-c1ccccc1. The van der Waals surface area contributed by atoms with E-state index in [1.807, 2.05) is 0 Å². The van der Waals surface area contributed by atoms with Crippen LogP contribution in [0.1, 0.15) is 16.4 Å². The van der Waals surface area contributed by atoms with Gasteiger partial charge in [0.05, 0.1) is 16.4 Å². The van der Waals surface area contributed by atoms with E-state index >= 15 is 0 Å². The summed E-state index contributed by atoms with van der Waals surface area (Å²) < 4.78 is 113. The first-order valence-electron chi connectivity index (χ1n) is 19.9. The van der Waals surface area contributed by atoms with E-state index in [-0.39, 0.29) is 73.6 Å². The molecular weight excluding hydrogens is 536 g/mol. The predicted octanol–water partition coefficient (Wildman–Crippen LogP) is 11.8. The number of rotatable bonds is 3. The van der Waals surface area contributed by atoms with Gasteiger partial charge in [-0.25, -0.2) is 0 Å². The average molecular weight is 575 g/mol. The second-order valence-electron chi connectivity index (χ2n) is 10.4. The van der Waals surface area contributed by atoms with E-state index in [4.69, 9.17) is 15.4 Å². The van der Waals surface area contributed by atoms with Crippen molar-refractivity contribution in [2.75, 3.05) is 0 Å². The molecule has 2 nitrogen and oxygen atoms in total. The molecule has 0 aliphatic carbocycles. The van der Waals surface area contributed by atoms with Gasteiger partial charge < -0.3 is 9.52 Å². The van der Waals surface area contributed by atoms with Crippen molar-refractivity contribution in [2.24, 2.45) is 0 Å². The number of furan rings is 1. The van der Waals surface area contributed by atoms with Crippen LogP contribution < -0.4 is 0 Å². The van der Waals surface area contributed by atoms with Gasteiger partial charge in [-0.2, -0.15) is 0 Å². The molecule has 0 unspecified atom stereocenters. The van der Waals surface area contributed by atoms with Crippen LogP contribution in [-0.4, -0.2) is 5.11 Å². The number of hydrogen-bond donors (Lipinski definition) is 1. The lowest BCUT2D eigenvalue weighted by atomic mass is 9.85. The number of aromatic hydroxyl groups is 1. The Labute approximate surface area is 270 Å². The molecule has 0 saturated heterocycles. The molecule has 1 aromatic heterocycles. The molecule has 0 spiro atoms. The molecule has 0 amide bonds. The van der Waals surface area contributed by atoms with Gasteiger partial charge in [-0.05, 0) is 84.8 Å². The molecule has 0 aliphatic rings. The van der Waals surface area contributed by atoms with Crippen LogP contribution >= 0.6 is 0 Å². The second kappa shape index (κ2) is 9.58. The largest absolute Gasteiger partial charge is 0.507 e. The maximum Gasteiger partial charge on any atom is 0.136 e. The van der Waals surface area contributed by atoms with Crippen LogP contribution in [0.3, 0.4) is 0 Å². The number of phenols is 1. The van der Waals surface area contributed by atoms with E-state index in [9.17, 15) is 10.6 Å². The Morgan fingerprint density at radius 1 is 0.455 bits per heavy atom. The van der Waals surface area contributed by atoms with Gasteiger partial charge in [-0.15, -0.1) is 0 Å². The molecule has 0 radical (unpaired) electrons. The summed E-state index contributed by atoms with van der Waals surface area (Å²) in [4.78, 5) is 0. The zero-order valence-corrected chi connectivity index (χ0v) is 22.9. The van der Waals surface area contributed by atoms with Crippen molar-refractivity contribution < 1.29 is 26.0 Å². The van der Waals surface area contributed by atoms with Crippen molar-refractivity contribution >= 4 is 54.3 Å². The molecule has 0 saturated carbocycles. The van der Waals surface area contributed by atoms with Crippen LogP contribution in [0.5, 0.6) is 5.75 Å². The zero-order valence-electron chi connectivity index (χ0n) is 34.9. The summed E-state index contributed by atoms with van der Waals surface area (Å²) in [6, 6.07) is 17.6. The fourth-order valence-electron chi connectivity index (χ4n) is 5.97. The number of benzene rings is 8. The summed E-state index contributed by atoms with van der Waals surface area (Å²) in [6.07, 6.45) is 0. The highest BCUT2D eigenvalue weighted by molar-refractivity contribution is 6.22. The van der Waals surface area contributed by atoms with Crippen molar-refractivity contribution in [3.63, 3.8) is 0 Å². The summed E-state index contributed by atoms with van der Waals surface area (Å²) >= 11 is 0. The Bertz CT molecular complexity index is 3140. The molecule has 206 valence electrons. The van der Waals surface area contributed by atoms with Gasteiger partial charge in [0.25, 0.3) is 0 Å². The van der Waals surface area contributed by atoms with E-state index in [1.54, 1.807) is 78.9 Å². The molecule has 1 N–H and O–H groups in total. The third-order valence-electron chi connectivity index (χ3n) is 7.92. The van der Waals surface area contributed by atoms with E-state index in [0.29, 0.717) is 38.2 Å². The first-order valence-corrected chi connectivity index (χ1v) is 13.9. The Morgan fingerprint density at radius 2 is 1.05 bits per heavy atom. The third kappa shape index (κ3) is 3.75. The van der Waals surface area contributed by atoms with Crippen molar-refractivity contribution in [3.8, 4) is 39.1 Å². The third-order valence-corrected chi connectivity index (χ3v) is 7.92. The lowest BCUT2D eigenvalue weighted by molar-refractivity contribution is 0.477. The number of hydrogen-bond acceptors (Lipinski definition) is 2. The molecule has 0 atom stereocenters. The predicted molar refractivity (Wildman–Crippen MR) is 184 cm³/mol. The second-order valence-corrected chi connectivity index (χ2v) is 10.4. The maximum absolute atomic E-state index is 11.7. The van der Waals surface area contributed by atoms with Gasteiger partial charge in [0.2, 0.25) is 0 Å². The van der Waals surface area contributed by atoms with Crippen LogP contribution in [-0.2, 0) is 0 Å². The molecule has 1 heterocycles. The van der Waals surface area contributed by atoms with Crippen molar-refractivity contribution in [2.45, 2.75) is 0 Å². The Hall–Kier alpha value is -5.86. The topological polar surface area (TPSA) is 33.4 Å². The van der Waals surface area contributed by atoms with Crippen molar-refractivity contribution in [3.05, 3.63) is 151 Å². The van der Waals surface area contributed by atoms with Gasteiger partial charge in [-0.3, -0.25) is 0 Å². The summed E-state index contributed by atoms with van der Waals surface area (Å²) in [5.74, 6) is -0.487. The molecule has 8 aromatic carbocycles. The standard InChI is InChI=1S/C42H26O2/c43-38-23-29(26-10-2-1-3-11-26)18-21-36(38)42-34-16-8-6-14-32(34)41(33-15-7-9-17-35(33)42)30-19-20-31-37-22-27-12-4-5-13-28(27)24-40(37)44-39(31)25-30/h1-25,43H/i4D,5D,12D,13D,18D,19D,20D,21D,22D,23D,24D,25D. The van der Waals surface area contributed by atoms with Gasteiger partial charge in [0.1, 0.15) is 16.9 Å². The van der Waals surface area contributed by atoms with Gasteiger partial charge in [0, 0.05) is 21.9 Å². The highest BCUT2D eigenvalue weighted by Gasteiger charge is 2.19. The fraction of sp³-hybridized carbons (Fsp3) is 0. The maximum atomic E-state index is 11.7. The fourth-order valence-corrected chi connectivity index (χ4v) is 5.97.